The number of nitrogens with zero attached hydrogens (tertiary/aromatic N) is 2. The summed E-state index contributed by atoms with van der Waals surface area (Å²) in [6.07, 6.45) is 1.16. The molecule has 2 N–H and O–H groups in total. The Hall–Kier alpha value is -0.900. The minimum absolute atomic E-state index is 0.130. The summed E-state index contributed by atoms with van der Waals surface area (Å²) in [6, 6.07) is 9.19. The average Bonchev–Trinajstić information content (AvgIpc) is 2.35. The van der Waals surface area contributed by atoms with Crippen molar-refractivity contribution in [2.24, 2.45) is 5.73 Å². The highest BCUT2D eigenvalue weighted by molar-refractivity contribution is 5.26. The van der Waals surface area contributed by atoms with Crippen molar-refractivity contribution in [2.75, 3.05) is 33.7 Å². The van der Waals surface area contributed by atoms with E-state index in [1.165, 1.54) is 11.1 Å². The Labute approximate surface area is 124 Å². The molecule has 1 aromatic rings. The molecule has 0 bridgehead atoms. The number of likely N-dealkylation sites (N-methyl/N-ethyl adjacent to an activating group) is 1. The van der Waals surface area contributed by atoms with Gasteiger partial charge in [0.1, 0.15) is 0 Å². The van der Waals surface area contributed by atoms with Crippen LogP contribution in [0, 0.1) is 6.92 Å². The van der Waals surface area contributed by atoms with E-state index < -0.39 is 0 Å². The van der Waals surface area contributed by atoms with Gasteiger partial charge in [-0.1, -0.05) is 36.8 Å². The molecule has 0 aromatic heterocycles. The summed E-state index contributed by atoms with van der Waals surface area (Å²) in [6.45, 7) is 9.71. The Balaban J connectivity index is 2.95. The Kier molecular flexibility index (Phi) is 7.20. The molecular formula is C17H31N3. The summed E-state index contributed by atoms with van der Waals surface area (Å²) in [5.41, 5.74) is 8.94. The zero-order valence-corrected chi connectivity index (χ0v) is 13.8. The van der Waals surface area contributed by atoms with Gasteiger partial charge in [-0.2, -0.15) is 0 Å². The summed E-state index contributed by atoms with van der Waals surface area (Å²) in [7, 11) is 4.25. The summed E-state index contributed by atoms with van der Waals surface area (Å²) in [5, 5.41) is 0. The SMILES string of the molecule is CCCN(CCN(C)C)C(c1cccc(C)c1)C(C)N. The smallest absolute Gasteiger partial charge is 0.0497 e. The highest BCUT2D eigenvalue weighted by Crippen LogP contribution is 2.24. The van der Waals surface area contributed by atoms with E-state index in [9.17, 15) is 0 Å². The maximum atomic E-state index is 6.30. The third kappa shape index (κ3) is 5.23. The van der Waals surface area contributed by atoms with Crippen LogP contribution >= 0.6 is 0 Å². The molecule has 0 heterocycles. The van der Waals surface area contributed by atoms with Crippen molar-refractivity contribution >= 4 is 0 Å². The third-order valence-electron chi connectivity index (χ3n) is 3.62. The number of rotatable bonds is 8. The van der Waals surface area contributed by atoms with Gasteiger partial charge in [0.05, 0.1) is 0 Å². The highest BCUT2D eigenvalue weighted by atomic mass is 15.2. The topological polar surface area (TPSA) is 32.5 Å². The Morgan fingerprint density at radius 3 is 2.35 bits per heavy atom. The first-order chi connectivity index (χ1) is 9.45. The predicted octanol–water partition coefficient (Wildman–Crippen LogP) is 2.66. The van der Waals surface area contributed by atoms with Crippen molar-refractivity contribution in [3.05, 3.63) is 35.4 Å². The van der Waals surface area contributed by atoms with Crippen LogP contribution in [0.4, 0.5) is 0 Å². The molecule has 3 heteroatoms. The van der Waals surface area contributed by atoms with E-state index in [-0.39, 0.29) is 6.04 Å². The first-order valence-electron chi connectivity index (χ1n) is 7.66. The summed E-state index contributed by atoms with van der Waals surface area (Å²) < 4.78 is 0. The third-order valence-corrected chi connectivity index (χ3v) is 3.62. The van der Waals surface area contributed by atoms with E-state index >= 15 is 0 Å². The summed E-state index contributed by atoms with van der Waals surface area (Å²) in [5.74, 6) is 0. The van der Waals surface area contributed by atoms with Crippen LogP contribution in [0.3, 0.4) is 0 Å². The molecule has 0 saturated heterocycles. The van der Waals surface area contributed by atoms with Crippen molar-refractivity contribution in [1.29, 1.82) is 0 Å². The fraction of sp³-hybridized carbons (Fsp3) is 0.647. The largest absolute Gasteiger partial charge is 0.326 e. The molecule has 0 spiro atoms. The van der Waals surface area contributed by atoms with E-state index in [2.05, 4.69) is 68.9 Å². The van der Waals surface area contributed by atoms with Crippen molar-refractivity contribution in [1.82, 2.24) is 9.80 Å². The molecule has 2 unspecified atom stereocenters. The number of hydrogen-bond donors (Lipinski definition) is 1. The maximum absolute atomic E-state index is 6.30. The molecule has 1 rings (SSSR count). The maximum Gasteiger partial charge on any atom is 0.0497 e. The zero-order valence-electron chi connectivity index (χ0n) is 13.8. The second kappa shape index (κ2) is 8.40. The van der Waals surface area contributed by atoms with Crippen LogP contribution in [0.15, 0.2) is 24.3 Å². The van der Waals surface area contributed by atoms with Crippen LogP contribution in [0.1, 0.15) is 37.4 Å². The van der Waals surface area contributed by atoms with Gasteiger partial charge in [-0.25, -0.2) is 0 Å². The highest BCUT2D eigenvalue weighted by Gasteiger charge is 2.23. The van der Waals surface area contributed by atoms with Gasteiger partial charge in [0.25, 0.3) is 0 Å². The van der Waals surface area contributed by atoms with Crippen LogP contribution in [-0.2, 0) is 0 Å². The van der Waals surface area contributed by atoms with Crippen molar-refractivity contribution in [3.8, 4) is 0 Å². The molecule has 0 saturated carbocycles. The molecule has 0 aliphatic heterocycles. The lowest BCUT2D eigenvalue weighted by Gasteiger charge is -2.35. The van der Waals surface area contributed by atoms with E-state index in [1.807, 2.05) is 0 Å². The lowest BCUT2D eigenvalue weighted by atomic mass is 9.97. The normalized spacial score (nSPS) is 14.8. The van der Waals surface area contributed by atoms with Gasteiger partial charge in [-0.15, -0.1) is 0 Å². The molecule has 0 radical (unpaired) electrons. The lowest BCUT2D eigenvalue weighted by Crippen LogP contribution is -2.42. The standard InChI is InChI=1S/C17H31N3/c1-6-10-20(12-11-19(4)5)17(15(3)18)16-9-7-8-14(2)13-16/h7-9,13,15,17H,6,10-12,18H2,1-5H3. The molecule has 20 heavy (non-hydrogen) atoms. The molecule has 2 atom stereocenters. The number of benzene rings is 1. The molecule has 1 aromatic carbocycles. The summed E-state index contributed by atoms with van der Waals surface area (Å²) >= 11 is 0. The Bertz CT molecular complexity index is 388. The van der Waals surface area contributed by atoms with Crippen LogP contribution in [-0.4, -0.2) is 49.6 Å². The van der Waals surface area contributed by atoms with E-state index in [4.69, 9.17) is 5.73 Å². The second-order valence-electron chi connectivity index (χ2n) is 6.06. The molecule has 0 aliphatic carbocycles. The van der Waals surface area contributed by atoms with Gasteiger partial charge >= 0.3 is 0 Å². The van der Waals surface area contributed by atoms with E-state index in [0.29, 0.717) is 6.04 Å². The monoisotopic (exact) mass is 277 g/mol. The quantitative estimate of drug-likeness (QED) is 0.793. The fourth-order valence-electron chi connectivity index (χ4n) is 2.71. The van der Waals surface area contributed by atoms with Gasteiger partial charge < -0.3 is 10.6 Å². The summed E-state index contributed by atoms with van der Waals surface area (Å²) in [4.78, 5) is 4.76. The van der Waals surface area contributed by atoms with Crippen molar-refractivity contribution in [2.45, 2.75) is 39.3 Å². The van der Waals surface area contributed by atoms with Crippen molar-refractivity contribution < 1.29 is 0 Å². The Morgan fingerprint density at radius 2 is 1.85 bits per heavy atom. The van der Waals surface area contributed by atoms with Gasteiger partial charge in [-0.05, 0) is 46.5 Å². The number of hydrogen-bond acceptors (Lipinski definition) is 3. The number of aryl methyl sites for hydroxylation is 1. The first kappa shape index (κ1) is 17.2. The van der Waals surface area contributed by atoms with Gasteiger partial charge in [0, 0.05) is 25.2 Å². The van der Waals surface area contributed by atoms with Gasteiger partial charge in [0.15, 0.2) is 0 Å². The average molecular weight is 277 g/mol. The minimum Gasteiger partial charge on any atom is -0.326 e. The molecule has 114 valence electrons. The predicted molar refractivity (Wildman–Crippen MR) is 88.0 cm³/mol. The van der Waals surface area contributed by atoms with Gasteiger partial charge in [-0.3, -0.25) is 4.90 Å². The van der Waals surface area contributed by atoms with Crippen LogP contribution in [0.25, 0.3) is 0 Å². The minimum atomic E-state index is 0.130. The fourth-order valence-corrected chi connectivity index (χ4v) is 2.71. The first-order valence-corrected chi connectivity index (χ1v) is 7.66. The van der Waals surface area contributed by atoms with Crippen LogP contribution in [0.2, 0.25) is 0 Å². The lowest BCUT2D eigenvalue weighted by molar-refractivity contribution is 0.161. The van der Waals surface area contributed by atoms with Crippen molar-refractivity contribution in [3.63, 3.8) is 0 Å². The van der Waals surface area contributed by atoms with E-state index in [0.717, 1.165) is 26.1 Å². The number of nitrogens with two attached hydrogens (primary N) is 1. The van der Waals surface area contributed by atoms with Gasteiger partial charge in [0.2, 0.25) is 0 Å². The molecule has 0 aliphatic rings. The van der Waals surface area contributed by atoms with Crippen LogP contribution < -0.4 is 5.73 Å². The van der Waals surface area contributed by atoms with Crippen LogP contribution in [0.5, 0.6) is 0 Å². The molecule has 0 amide bonds. The second-order valence-corrected chi connectivity index (χ2v) is 6.06. The zero-order chi connectivity index (χ0) is 15.1. The molecule has 3 nitrogen and oxygen atoms in total. The molecule has 0 fully saturated rings. The van der Waals surface area contributed by atoms with E-state index in [1.54, 1.807) is 0 Å². The Morgan fingerprint density at radius 1 is 1.15 bits per heavy atom. The molecular weight excluding hydrogens is 246 g/mol.